The minimum atomic E-state index is -4.62. The molecule has 0 fully saturated rings. The van der Waals surface area contributed by atoms with Crippen molar-refractivity contribution in [2.75, 3.05) is 25.3 Å². The summed E-state index contributed by atoms with van der Waals surface area (Å²) in [6.45, 7) is 0.0196. The maximum atomic E-state index is 13.3. The molecule has 1 heterocycles. The van der Waals surface area contributed by atoms with Crippen LogP contribution in [0, 0.1) is 0 Å². The summed E-state index contributed by atoms with van der Waals surface area (Å²) in [6.07, 6.45) is -4.48. The number of nitrogens with zero attached hydrogens (tertiary/aromatic N) is 3. The van der Waals surface area contributed by atoms with Gasteiger partial charge in [-0.2, -0.15) is 13.2 Å². The Morgan fingerprint density at radius 2 is 1.61 bits per heavy atom. The fourth-order valence-corrected chi connectivity index (χ4v) is 4.65. The molecule has 0 atom stereocenters. The molecule has 9 nitrogen and oxygen atoms in total. The summed E-state index contributed by atoms with van der Waals surface area (Å²) >= 11 is 0.979. The Morgan fingerprint density at radius 3 is 2.32 bits per heavy atom. The molecule has 1 aromatic heterocycles. The number of nitrogens with one attached hydrogen (secondary N) is 2. The summed E-state index contributed by atoms with van der Waals surface area (Å²) < 4.78 is 52.2. The first-order valence-corrected chi connectivity index (χ1v) is 13.2. The lowest BCUT2D eigenvalue weighted by molar-refractivity contribution is -0.137. The zero-order chi connectivity index (χ0) is 29.4. The van der Waals surface area contributed by atoms with E-state index in [9.17, 15) is 22.8 Å². The third-order valence-corrected chi connectivity index (χ3v) is 6.76. The third kappa shape index (κ3) is 7.57. The number of amides is 2. The van der Waals surface area contributed by atoms with E-state index in [-0.39, 0.29) is 35.5 Å². The van der Waals surface area contributed by atoms with E-state index in [1.807, 2.05) is 0 Å². The van der Waals surface area contributed by atoms with Crippen molar-refractivity contribution in [2.24, 2.45) is 0 Å². The van der Waals surface area contributed by atoms with Crippen molar-refractivity contribution >= 4 is 29.3 Å². The summed E-state index contributed by atoms with van der Waals surface area (Å²) in [7, 11) is 3.06. The highest BCUT2D eigenvalue weighted by atomic mass is 32.2. The fraction of sp³-hybridized carbons (Fsp3) is 0.214. The lowest BCUT2D eigenvalue weighted by Gasteiger charge is -2.15. The van der Waals surface area contributed by atoms with E-state index >= 15 is 0 Å². The van der Waals surface area contributed by atoms with Crippen molar-refractivity contribution in [3.63, 3.8) is 0 Å². The Bertz CT molecular complexity index is 1510. The summed E-state index contributed by atoms with van der Waals surface area (Å²) in [5.74, 6) is 0.384. The van der Waals surface area contributed by atoms with Crippen molar-refractivity contribution in [3.05, 3.63) is 89.7 Å². The Balaban J connectivity index is 1.50. The quantitative estimate of drug-likeness (QED) is 0.241. The molecule has 3 aromatic carbocycles. The highest BCUT2D eigenvalue weighted by Gasteiger charge is 2.33. The second-order valence-electron chi connectivity index (χ2n) is 8.59. The number of alkyl halides is 3. The van der Waals surface area contributed by atoms with Crippen LogP contribution in [-0.4, -0.2) is 46.6 Å². The van der Waals surface area contributed by atoms with Gasteiger partial charge in [-0.15, -0.1) is 10.2 Å². The molecule has 0 saturated carbocycles. The largest absolute Gasteiger partial charge is 0.497 e. The van der Waals surface area contributed by atoms with Crippen LogP contribution in [0.2, 0.25) is 0 Å². The lowest BCUT2D eigenvalue weighted by Crippen LogP contribution is -2.26. The van der Waals surface area contributed by atoms with Gasteiger partial charge in [-0.3, -0.25) is 14.2 Å². The summed E-state index contributed by atoms with van der Waals surface area (Å²) in [6, 6.07) is 18.9. The van der Waals surface area contributed by atoms with Crippen LogP contribution < -0.4 is 20.1 Å². The summed E-state index contributed by atoms with van der Waals surface area (Å²) in [5, 5.41) is 13.8. The van der Waals surface area contributed by atoms with Gasteiger partial charge in [-0.25, -0.2) is 0 Å². The van der Waals surface area contributed by atoms with Gasteiger partial charge in [0.1, 0.15) is 11.5 Å². The summed E-state index contributed by atoms with van der Waals surface area (Å²) in [4.78, 5) is 25.3. The zero-order valence-corrected chi connectivity index (χ0v) is 22.9. The Morgan fingerprint density at radius 1 is 0.902 bits per heavy atom. The standard InChI is InChI=1S/C28H26F3N5O4S/c1-39-19-13-11-18(12-14-19)15-25(37)32-16-24-34-35-27(36(24)22-9-5-6-10-23(22)40-2)41-17-26(38)33-21-8-4-3-7-20(21)28(29,30)31/h3-14H,15-17H2,1-2H3,(H,32,37)(H,33,38). The average Bonchev–Trinajstić information content (AvgIpc) is 3.37. The molecular weight excluding hydrogens is 559 g/mol. The second-order valence-corrected chi connectivity index (χ2v) is 9.53. The first-order valence-electron chi connectivity index (χ1n) is 12.3. The highest BCUT2D eigenvalue weighted by Crippen LogP contribution is 2.35. The van der Waals surface area contributed by atoms with Gasteiger partial charge in [0.25, 0.3) is 0 Å². The van der Waals surface area contributed by atoms with Crippen LogP contribution in [-0.2, 0) is 28.7 Å². The first kappa shape index (κ1) is 29.5. The topological polar surface area (TPSA) is 107 Å². The van der Waals surface area contributed by atoms with Crippen molar-refractivity contribution in [1.82, 2.24) is 20.1 Å². The number of methoxy groups -OCH3 is 2. The minimum Gasteiger partial charge on any atom is -0.497 e. The van der Waals surface area contributed by atoms with E-state index in [2.05, 4.69) is 20.8 Å². The molecule has 0 spiro atoms. The van der Waals surface area contributed by atoms with Crippen LogP contribution in [0.25, 0.3) is 5.69 Å². The van der Waals surface area contributed by atoms with Crippen LogP contribution in [0.15, 0.2) is 78.0 Å². The Hall–Kier alpha value is -4.52. The predicted octanol–water partition coefficient (Wildman–Crippen LogP) is 4.89. The van der Waals surface area contributed by atoms with Crippen LogP contribution in [0.3, 0.4) is 0 Å². The fourth-order valence-electron chi connectivity index (χ4n) is 3.89. The van der Waals surface area contributed by atoms with Gasteiger partial charge in [-0.1, -0.05) is 48.2 Å². The number of halogens is 3. The number of hydrogen-bond acceptors (Lipinski definition) is 7. The van der Waals surface area contributed by atoms with Crippen LogP contribution in [0.5, 0.6) is 11.5 Å². The summed E-state index contributed by atoms with van der Waals surface area (Å²) in [5.41, 5.74) is 0.0776. The molecule has 0 bridgehead atoms. The van der Waals surface area contributed by atoms with Gasteiger partial charge in [0.05, 0.1) is 49.9 Å². The molecule has 0 saturated heterocycles. The number of carbonyl (C=O) groups excluding carboxylic acids is 2. The maximum absolute atomic E-state index is 13.3. The minimum absolute atomic E-state index is 0.0196. The monoisotopic (exact) mass is 585 g/mol. The molecule has 41 heavy (non-hydrogen) atoms. The number of para-hydroxylation sites is 3. The van der Waals surface area contributed by atoms with Gasteiger partial charge >= 0.3 is 6.18 Å². The molecule has 0 aliphatic carbocycles. The van der Waals surface area contributed by atoms with Gasteiger partial charge < -0.3 is 20.1 Å². The molecule has 4 aromatic rings. The van der Waals surface area contributed by atoms with Crippen molar-refractivity contribution in [2.45, 2.75) is 24.3 Å². The number of benzene rings is 3. The molecule has 0 aliphatic heterocycles. The average molecular weight is 586 g/mol. The number of carbonyl (C=O) groups is 2. The number of thioether (sulfide) groups is 1. The number of hydrogen-bond donors (Lipinski definition) is 2. The lowest BCUT2D eigenvalue weighted by atomic mass is 10.1. The van der Waals surface area contributed by atoms with Crippen molar-refractivity contribution in [3.8, 4) is 17.2 Å². The molecule has 214 valence electrons. The molecule has 0 aliphatic rings. The number of aromatic nitrogens is 3. The zero-order valence-electron chi connectivity index (χ0n) is 22.1. The Labute approximate surface area is 238 Å². The molecule has 0 radical (unpaired) electrons. The molecule has 2 amide bonds. The smallest absolute Gasteiger partial charge is 0.418 e. The highest BCUT2D eigenvalue weighted by molar-refractivity contribution is 7.99. The molecule has 4 rings (SSSR count). The molecule has 13 heteroatoms. The van der Waals surface area contributed by atoms with E-state index in [1.165, 1.54) is 25.3 Å². The number of anilines is 1. The van der Waals surface area contributed by atoms with Gasteiger partial charge in [0, 0.05) is 0 Å². The second kappa shape index (κ2) is 13.2. The van der Waals surface area contributed by atoms with E-state index in [0.29, 0.717) is 23.0 Å². The van der Waals surface area contributed by atoms with Gasteiger partial charge in [0.15, 0.2) is 11.0 Å². The SMILES string of the molecule is COc1ccc(CC(=O)NCc2nnc(SCC(=O)Nc3ccccc3C(F)(F)F)n2-c2ccccc2OC)cc1. The van der Waals surface area contributed by atoms with E-state index < -0.39 is 17.6 Å². The van der Waals surface area contributed by atoms with Crippen molar-refractivity contribution in [1.29, 1.82) is 0 Å². The number of ether oxygens (including phenoxy) is 2. The maximum Gasteiger partial charge on any atom is 0.418 e. The molecule has 2 N–H and O–H groups in total. The first-order chi connectivity index (χ1) is 19.7. The van der Waals surface area contributed by atoms with Gasteiger partial charge in [0.2, 0.25) is 11.8 Å². The van der Waals surface area contributed by atoms with Crippen LogP contribution in [0.1, 0.15) is 17.0 Å². The Kier molecular flexibility index (Phi) is 9.50. The predicted molar refractivity (Wildman–Crippen MR) is 147 cm³/mol. The third-order valence-electron chi connectivity index (χ3n) is 5.83. The van der Waals surface area contributed by atoms with Crippen molar-refractivity contribution < 1.29 is 32.2 Å². The van der Waals surface area contributed by atoms with Crippen LogP contribution >= 0.6 is 11.8 Å². The van der Waals surface area contributed by atoms with E-state index in [1.54, 1.807) is 60.2 Å². The van der Waals surface area contributed by atoms with Gasteiger partial charge in [-0.05, 0) is 42.0 Å². The normalized spacial score (nSPS) is 11.1. The van der Waals surface area contributed by atoms with E-state index in [0.717, 1.165) is 23.4 Å². The molecule has 0 unspecified atom stereocenters. The van der Waals surface area contributed by atoms with E-state index in [4.69, 9.17) is 9.47 Å². The number of rotatable bonds is 11. The molecular formula is C28H26F3N5O4S. The van der Waals surface area contributed by atoms with Crippen LogP contribution in [0.4, 0.5) is 18.9 Å².